The molecular formula is C24H27N5O5. The van der Waals surface area contributed by atoms with E-state index in [4.69, 9.17) is 18.9 Å². The molecule has 1 fully saturated rings. The van der Waals surface area contributed by atoms with Gasteiger partial charge in [0.05, 0.1) is 17.7 Å². The molecule has 2 aliphatic heterocycles. The van der Waals surface area contributed by atoms with E-state index in [-0.39, 0.29) is 5.91 Å². The Bertz CT molecular complexity index is 1190. The quantitative estimate of drug-likeness (QED) is 0.488. The first-order chi connectivity index (χ1) is 16.7. The van der Waals surface area contributed by atoms with Crippen LogP contribution in [-0.4, -0.2) is 59.3 Å². The lowest BCUT2D eigenvalue weighted by Gasteiger charge is -2.26. The highest BCUT2D eigenvalue weighted by Crippen LogP contribution is 2.36. The van der Waals surface area contributed by atoms with Gasteiger partial charge in [-0.3, -0.25) is 10.2 Å². The van der Waals surface area contributed by atoms with Gasteiger partial charge >= 0.3 is 0 Å². The van der Waals surface area contributed by atoms with Crippen LogP contribution in [0.5, 0.6) is 5.75 Å². The van der Waals surface area contributed by atoms with Gasteiger partial charge in [0.25, 0.3) is 12.2 Å². The molecule has 0 saturated carbocycles. The molecule has 1 saturated heterocycles. The van der Waals surface area contributed by atoms with Crippen molar-refractivity contribution in [2.45, 2.75) is 25.6 Å². The first kappa shape index (κ1) is 22.2. The van der Waals surface area contributed by atoms with Crippen molar-refractivity contribution in [2.75, 3.05) is 33.4 Å². The second-order valence-corrected chi connectivity index (χ2v) is 8.12. The van der Waals surface area contributed by atoms with E-state index in [0.29, 0.717) is 47.0 Å². The molecule has 0 radical (unpaired) electrons. The maximum absolute atomic E-state index is 12.9. The predicted molar refractivity (Wildman–Crippen MR) is 123 cm³/mol. The van der Waals surface area contributed by atoms with Crippen LogP contribution in [-0.2, 0) is 14.2 Å². The lowest BCUT2D eigenvalue weighted by molar-refractivity contribution is -0.0173. The average molecular weight is 466 g/mol. The van der Waals surface area contributed by atoms with Gasteiger partial charge in [0, 0.05) is 32.0 Å². The molecule has 34 heavy (non-hydrogen) atoms. The van der Waals surface area contributed by atoms with E-state index >= 15 is 0 Å². The Morgan fingerprint density at radius 3 is 2.97 bits per heavy atom. The van der Waals surface area contributed by atoms with E-state index in [0.717, 1.165) is 31.5 Å². The van der Waals surface area contributed by atoms with Gasteiger partial charge in [0.15, 0.2) is 5.76 Å². The molecule has 4 heterocycles. The number of hydrogen-bond donors (Lipinski definition) is 2. The highest BCUT2D eigenvalue weighted by Gasteiger charge is 2.27. The number of aromatic amines is 1. The summed E-state index contributed by atoms with van der Waals surface area (Å²) in [5, 5.41) is 1.96. The van der Waals surface area contributed by atoms with Gasteiger partial charge in [0.1, 0.15) is 36.2 Å². The number of aromatic nitrogens is 3. The fraction of sp³-hybridized carbons (Fsp3) is 0.375. The van der Waals surface area contributed by atoms with E-state index in [1.807, 2.05) is 29.3 Å². The largest absolute Gasteiger partial charge is 0.491 e. The van der Waals surface area contributed by atoms with Crippen LogP contribution in [0.4, 0.5) is 0 Å². The summed E-state index contributed by atoms with van der Waals surface area (Å²) in [5.74, 6) is 0.958. The molecule has 1 aromatic carbocycles. The molecule has 1 atom stereocenters. The molecule has 10 heteroatoms. The van der Waals surface area contributed by atoms with Crippen LogP contribution in [0.2, 0.25) is 0 Å². The number of methoxy groups -OCH3 is 1. The van der Waals surface area contributed by atoms with Crippen molar-refractivity contribution in [3.8, 4) is 5.75 Å². The van der Waals surface area contributed by atoms with E-state index in [2.05, 4.69) is 20.4 Å². The SMILES string of the molecule is COCCOc1cccc(C2OC=C(c3ncnc4c(C(=O)NN5CCCCC5)c[nH]c34)O2)c1. The first-order valence-corrected chi connectivity index (χ1v) is 11.4. The van der Waals surface area contributed by atoms with E-state index < -0.39 is 6.29 Å². The van der Waals surface area contributed by atoms with Crippen LogP contribution in [0.15, 0.2) is 43.1 Å². The number of benzene rings is 1. The minimum absolute atomic E-state index is 0.196. The molecule has 2 N–H and O–H groups in total. The third-order valence-electron chi connectivity index (χ3n) is 5.78. The van der Waals surface area contributed by atoms with Crippen molar-refractivity contribution in [3.05, 3.63) is 59.9 Å². The monoisotopic (exact) mass is 465 g/mol. The normalized spacial score (nSPS) is 18.3. The van der Waals surface area contributed by atoms with Crippen molar-refractivity contribution in [2.24, 2.45) is 0 Å². The van der Waals surface area contributed by atoms with Crippen molar-refractivity contribution >= 4 is 22.7 Å². The van der Waals surface area contributed by atoms with Crippen LogP contribution < -0.4 is 10.2 Å². The van der Waals surface area contributed by atoms with Crippen LogP contribution in [0.3, 0.4) is 0 Å². The second-order valence-electron chi connectivity index (χ2n) is 8.12. The minimum atomic E-state index is -0.636. The summed E-state index contributed by atoms with van der Waals surface area (Å²) in [6, 6.07) is 7.51. The van der Waals surface area contributed by atoms with Gasteiger partial charge in [0.2, 0.25) is 0 Å². The number of H-pyrrole nitrogens is 1. The summed E-state index contributed by atoms with van der Waals surface area (Å²) in [7, 11) is 1.63. The number of nitrogens with one attached hydrogen (secondary N) is 2. The van der Waals surface area contributed by atoms with Crippen molar-refractivity contribution in [1.82, 2.24) is 25.4 Å². The molecule has 1 amide bonds. The molecule has 0 bridgehead atoms. The summed E-state index contributed by atoms with van der Waals surface area (Å²) in [6.07, 6.45) is 7.31. The highest BCUT2D eigenvalue weighted by atomic mass is 16.7. The van der Waals surface area contributed by atoms with Crippen molar-refractivity contribution in [3.63, 3.8) is 0 Å². The summed E-state index contributed by atoms with van der Waals surface area (Å²) >= 11 is 0. The van der Waals surface area contributed by atoms with Gasteiger partial charge in [-0.2, -0.15) is 0 Å². The van der Waals surface area contributed by atoms with Gasteiger partial charge in [-0.05, 0) is 25.0 Å². The maximum Gasteiger partial charge on any atom is 0.269 e. The fourth-order valence-corrected chi connectivity index (χ4v) is 4.06. The van der Waals surface area contributed by atoms with Crippen LogP contribution >= 0.6 is 0 Å². The van der Waals surface area contributed by atoms with Gasteiger partial charge in [-0.25, -0.2) is 15.0 Å². The Morgan fingerprint density at radius 1 is 1.24 bits per heavy atom. The lowest BCUT2D eigenvalue weighted by atomic mass is 10.2. The first-order valence-electron chi connectivity index (χ1n) is 11.4. The van der Waals surface area contributed by atoms with Crippen molar-refractivity contribution in [1.29, 1.82) is 0 Å². The average Bonchev–Trinajstić information content (AvgIpc) is 3.53. The zero-order valence-corrected chi connectivity index (χ0v) is 19.0. The number of hydrogen-bond acceptors (Lipinski definition) is 8. The van der Waals surface area contributed by atoms with Crippen LogP contribution in [0, 0.1) is 0 Å². The molecule has 0 spiro atoms. The van der Waals surface area contributed by atoms with Gasteiger partial charge < -0.3 is 23.9 Å². The Morgan fingerprint density at radius 2 is 2.12 bits per heavy atom. The smallest absolute Gasteiger partial charge is 0.269 e. The van der Waals surface area contributed by atoms with E-state index in [1.165, 1.54) is 19.0 Å². The highest BCUT2D eigenvalue weighted by molar-refractivity contribution is 6.06. The topological polar surface area (TPSA) is 111 Å². The third kappa shape index (κ3) is 4.68. The molecule has 1 unspecified atom stereocenters. The Hall–Kier alpha value is -3.63. The third-order valence-corrected chi connectivity index (χ3v) is 5.78. The molecule has 0 aliphatic carbocycles. The Labute approximate surface area is 196 Å². The minimum Gasteiger partial charge on any atom is -0.491 e. The van der Waals surface area contributed by atoms with Crippen LogP contribution in [0.25, 0.3) is 16.8 Å². The number of carbonyl (C=O) groups is 1. The zero-order valence-electron chi connectivity index (χ0n) is 19.0. The number of hydrazine groups is 1. The zero-order chi connectivity index (χ0) is 23.3. The molecule has 2 aromatic heterocycles. The van der Waals surface area contributed by atoms with Gasteiger partial charge in [-0.15, -0.1) is 0 Å². The number of ether oxygens (including phenoxy) is 4. The lowest BCUT2D eigenvalue weighted by Crippen LogP contribution is -2.45. The Kier molecular flexibility index (Phi) is 6.59. The van der Waals surface area contributed by atoms with E-state index in [9.17, 15) is 4.79 Å². The number of amides is 1. The molecular weight excluding hydrogens is 438 g/mol. The number of fused-ring (bicyclic) bond motifs is 1. The summed E-state index contributed by atoms with van der Waals surface area (Å²) < 4.78 is 22.5. The summed E-state index contributed by atoms with van der Waals surface area (Å²) in [5.41, 5.74) is 5.91. The molecule has 3 aromatic rings. The number of nitrogens with zero attached hydrogens (tertiary/aromatic N) is 3. The van der Waals surface area contributed by atoms with Crippen LogP contribution in [0.1, 0.15) is 47.2 Å². The molecule has 2 aliphatic rings. The summed E-state index contributed by atoms with van der Waals surface area (Å²) in [6.45, 7) is 2.66. The van der Waals surface area contributed by atoms with E-state index in [1.54, 1.807) is 13.3 Å². The maximum atomic E-state index is 12.9. The second kappa shape index (κ2) is 10.1. The summed E-state index contributed by atoms with van der Waals surface area (Å²) in [4.78, 5) is 24.7. The molecule has 10 nitrogen and oxygen atoms in total. The number of rotatable bonds is 8. The number of carbonyl (C=O) groups excluding carboxylic acids is 1. The van der Waals surface area contributed by atoms with Gasteiger partial charge in [-0.1, -0.05) is 18.6 Å². The Balaban J connectivity index is 1.31. The standard InChI is InChI=1S/C24H27N5O5/c1-31-10-11-32-17-7-5-6-16(12-17)24-33-14-19(34-24)21-22-20(26-15-27-21)18(13-25-22)23(30)28-29-8-3-2-4-9-29/h5-7,12-15,24-25H,2-4,8-11H2,1H3,(H,28,30). The fourth-order valence-electron chi connectivity index (χ4n) is 4.06. The predicted octanol–water partition coefficient (Wildman–Crippen LogP) is 3.16. The molecule has 5 rings (SSSR count). The number of piperidine rings is 1. The van der Waals surface area contributed by atoms with Crippen molar-refractivity contribution < 1.29 is 23.7 Å². The molecule has 178 valence electrons.